The van der Waals surface area contributed by atoms with E-state index in [1.807, 2.05) is 45.2 Å². The van der Waals surface area contributed by atoms with Gasteiger partial charge in [0.1, 0.15) is 4.90 Å². The maximum absolute atomic E-state index is 11.0. The van der Waals surface area contributed by atoms with E-state index in [1.165, 1.54) is 0 Å². The molecule has 1 N–H and O–H groups in total. The Morgan fingerprint density at radius 3 is 2.00 bits per heavy atom. The average Bonchev–Trinajstić information content (AvgIpc) is 1.99. The highest BCUT2D eigenvalue weighted by molar-refractivity contribution is 14.1. The van der Waals surface area contributed by atoms with Gasteiger partial charge in [0.25, 0.3) is 10.1 Å². The van der Waals surface area contributed by atoms with Crippen molar-refractivity contribution in [1.29, 1.82) is 0 Å². The smallest absolute Gasteiger partial charge is 0.282 e. The van der Waals surface area contributed by atoms with E-state index in [9.17, 15) is 8.42 Å². The zero-order valence-corrected chi connectivity index (χ0v) is 12.0. The first kappa shape index (κ1) is 12.4. The SMILES string of the molecule is C=Cc1cc(I)c(S(=O)(=O)O)c(I)c1. The molecule has 0 atom stereocenters. The molecule has 76 valence electrons. The van der Waals surface area contributed by atoms with Crippen molar-refractivity contribution in [2.45, 2.75) is 4.90 Å². The topological polar surface area (TPSA) is 54.4 Å². The molecule has 1 aromatic carbocycles. The van der Waals surface area contributed by atoms with Crippen molar-refractivity contribution >= 4 is 61.4 Å². The summed E-state index contributed by atoms with van der Waals surface area (Å²) < 4.78 is 31.9. The van der Waals surface area contributed by atoms with Crippen LogP contribution in [0.1, 0.15) is 5.56 Å². The molecule has 0 saturated carbocycles. The van der Waals surface area contributed by atoms with E-state index in [0.29, 0.717) is 7.14 Å². The maximum Gasteiger partial charge on any atom is 0.296 e. The molecule has 0 bridgehead atoms. The highest BCUT2D eigenvalue weighted by Gasteiger charge is 2.18. The van der Waals surface area contributed by atoms with Crippen LogP contribution >= 0.6 is 45.2 Å². The molecule has 0 aliphatic heterocycles. The quantitative estimate of drug-likeness (QED) is 0.574. The molecule has 1 rings (SSSR count). The minimum atomic E-state index is -4.14. The van der Waals surface area contributed by atoms with Crippen LogP contribution < -0.4 is 0 Å². The molecule has 0 unspecified atom stereocenters. The van der Waals surface area contributed by atoms with Gasteiger partial charge in [-0.3, -0.25) is 4.55 Å². The third-order valence-electron chi connectivity index (χ3n) is 1.51. The van der Waals surface area contributed by atoms with Crippen LogP contribution in [0.4, 0.5) is 0 Å². The predicted octanol–water partition coefficient (Wildman–Crippen LogP) is 2.79. The summed E-state index contributed by atoms with van der Waals surface area (Å²) in [6, 6.07) is 3.30. The van der Waals surface area contributed by atoms with E-state index < -0.39 is 10.1 Å². The summed E-state index contributed by atoms with van der Waals surface area (Å²) >= 11 is 3.74. The van der Waals surface area contributed by atoms with Crippen LogP contribution in [0.25, 0.3) is 6.08 Å². The summed E-state index contributed by atoms with van der Waals surface area (Å²) in [6.45, 7) is 3.59. The van der Waals surface area contributed by atoms with Crippen molar-refractivity contribution in [3.63, 3.8) is 0 Å². The van der Waals surface area contributed by atoms with Gasteiger partial charge in [-0.05, 0) is 62.9 Å². The normalized spacial score (nSPS) is 11.4. The molecule has 0 aliphatic rings. The molecule has 0 heterocycles. The van der Waals surface area contributed by atoms with Crippen molar-refractivity contribution in [2.24, 2.45) is 0 Å². The van der Waals surface area contributed by atoms with Gasteiger partial charge in [-0.25, -0.2) is 0 Å². The van der Waals surface area contributed by atoms with Gasteiger partial charge in [0.15, 0.2) is 0 Å². The molecular formula is C8H6I2O3S. The van der Waals surface area contributed by atoms with Crippen molar-refractivity contribution < 1.29 is 13.0 Å². The summed E-state index contributed by atoms with van der Waals surface area (Å²) in [7, 11) is -4.14. The summed E-state index contributed by atoms with van der Waals surface area (Å²) in [5, 5.41) is 0. The first-order chi connectivity index (χ1) is 6.36. The van der Waals surface area contributed by atoms with Gasteiger partial charge >= 0.3 is 0 Å². The van der Waals surface area contributed by atoms with E-state index in [2.05, 4.69) is 6.58 Å². The van der Waals surface area contributed by atoms with Gasteiger partial charge in [-0.2, -0.15) is 8.42 Å². The number of rotatable bonds is 2. The fourth-order valence-electron chi connectivity index (χ4n) is 0.944. The third-order valence-corrected chi connectivity index (χ3v) is 4.90. The molecular weight excluding hydrogens is 430 g/mol. The van der Waals surface area contributed by atoms with E-state index >= 15 is 0 Å². The first-order valence-electron chi connectivity index (χ1n) is 3.45. The van der Waals surface area contributed by atoms with E-state index in [4.69, 9.17) is 4.55 Å². The van der Waals surface area contributed by atoms with Crippen molar-refractivity contribution in [3.8, 4) is 0 Å². The Morgan fingerprint density at radius 1 is 1.29 bits per heavy atom. The standard InChI is InChI=1S/C8H6I2O3S/c1-2-5-3-6(9)8(7(10)4-5)14(11,12)13/h2-4H,1H2,(H,11,12,13). The van der Waals surface area contributed by atoms with E-state index in [1.54, 1.807) is 18.2 Å². The monoisotopic (exact) mass is 436 g/mol. The Kier molecular flexibility index (Phi) is 3.95. The summed E-state index contributed by atoms with van der Waals surface area (Å²) in [6.07, 6.45) is 1.62. The molecule has 0 saturated heterocycles. The summed E-state index contributed by atoms with van der Waals surface area (Å²) in [5.74, 6) is 0. The minimum Gasteiger partial charge on any atom is -0.282 e. The van der Waals surface area contributed by atoms with Crippen molar-refractivity contribution in [1.82, 2.24) is 0 Å². The average molecular weight is 436 g/mol. The Hall–Kier alpha value is 0.330. The van der Waals surface area contributed by atoms with Gasteiger partial charge in [-0.1, -0.05) is 12.7 Å². The van der Waals surface area contributed by atoms with Crippen LogP contribution in [0.3, 0.4) is 0 Å². The lowest BCUT2D eigenvalue weighted by molar-refractivity contribution is 0.482. The van der Waals surface area contributed by atoms with E-state index in [-0.39, 0.29) is 4.90 Å². The highest BCUT2D eigenvalue weighted by Crippen LogP contribution is 2.26. The second-order valence-electron chi connectivity index (χ2n) is 2.49. The Labute approximate surface area is 110 Å². The molecule has 0 aromatic heterocycles. The van der Waals surface area contributed by atoms with Crippen molar-refractivity contribution in [3.05, 3.63) is 31.4 Å². The van der Waals surface area contributed by atoms with Crippen LogP contribution in [0, 0.1) is 7.14 Å². The number of halogens is 2. The first-order valence-corrected chi connectivity index (χ1v) is 7.05. The van der Waals surface area contributed by atoms with Gasteiger partial charge in [-0.15, -0.1) is 0 Å². The predicted molar refractivity (Wildman–Crippen MR) is 71.8 cm³/mol. The second kappa shape index (κ2) is 4.45. The molecule has 0 spiro atoms. The van der Waals surface area contributed by atoms with Gasteiger partial charge in [0, 0.05) is 7.14 Å². The number of hydrogen-bond acceptors (Lipinski definition) is 2. The van der Waals surface area contributed by atoms with Crippen LogP contribution in [0.15, 0.2) is 23.6 Å². The number of benzene rings is 1. The largest absolute Gasteiger partial charge is 0.296 e. The van der Waals surface area contributed by atoms with Gasteiger partial charge in [0.05, 0.1) is 0 Å². The van der Waals surface area contributed by atoms with Crippen LogP contribution in [-0.2, 0) is 10.1 Å². The molecule has 1 aromatic rings. The fourth-order valence-corrected chi connectivity index (χ4v) is 5.04. The molecule has 0 amide bonds. The molecule has 0 aliphatic carbocycles. The Bertz CT molecular complexity index is 456. The Morgan fingerprint density at radius 2 is 1.71 bits per heavy atom. The van der Waals surface area contributed by atoms with Gasteiger partial charge in [0.2, 0.25) is 0 Å². The Balaban J connectivity index is 3.56. The molecule has 6 heteroatoms. The number of hydrogen-bond donors (Lipinski definition) is 1. The fraction of sp³-hybridized carbons (Fsp3) is 0. The molecule has 0 fully saturated rings. The van der Waals surface area contributed by atoms with Gasteiger partial charge < -0.3 is 0 Å². The molecule has 3 nitrogen and oxygen atoms in total. The lowest BCUT2D eigenvalue weighted by atomic mass is 10.2. The third kappa shape index (κ3) is 2.67. The van der Waals surface area contributed by atoms with Crippen LogP contribution in [0.5, 0.6) is 0 Å². The van der Waals surface area contributed by atoms with E-state index in [0.717, 1.165) is 5.56 Å². The lowest BCUT2D eigenvalue weighted by Crippen LogP contribution is -2.04. The maximum atomic E-state index is 11.0. The van der Waals surface area contributed by atoms with Crippen molar-refractivity contribution in [2.75, 3.05) is 0 Å². The summed E-state index contributed by atoms with van der Waals surface area (Å²) in [4.78, 5) is -0.0377. The van der Waals surface area contributed by atoms with Crippen LogP contribution in [0.2, 0.25) is 0 Å². The lowest BCUT2D eigenvalue weighted by Gasteiger charge is -2.05. The summed E-state index contributed by atoms with van der Waals surface area (Å²) in [5.41, 5.74) is 0.825. The zero-order chi connectivity index (χ0) is 10.9. The van der Waals surface area contributed by atoms with Crippen LogP contribution in [-0.4, -0.2) is 13.0 Å². The molecule has 0 radical (unpaired) electrons. The highest BCUT2D eigenvalue weighted by atomic mass is 127. The molecule has 14 heavy (non-hydrogen) atoms. The second-order valence-corrected chi connectivity index (χ2v) is 6.18. The zero-order valence-electron chi connectivity index (χ0n) is 6.87. The minimum absolute atomic E-state index is 0.0377.